The quantitative estimate of drug-likeness (QED) is 0.644. The van der Waals surface area contributed by atoms with Crippen molar-refractivity contribution in [1.82, 2.24) is 10.6 Å². The molecule has 0 aromatic carbocycles. The van der Waals surface area contributed by atoms with E-state index in [0.29, 0.717) is 19.1 Å². The minimum atomic E-state index is 0.0931. The van der Waals surface area contributed by atoms with E-state index in [1.165, 1.54) is 0 Å². The third-order valence-corrected chi connectivity index (χ3v) is 2.20. The van der Waals surface area contributed by atoms with Gasteiger partial charge in [-0.1, -0.05) is 0 Å². The Balaban J connectivity index is 2.11. The van der Waals surface area contributed by atoms with E-state index in [1.807, 2.05) is 0 Å². The van der Waals surface area contributed by atoms with Gasteiger partial charge in [0.05, 0.1) is 6.61 Å². The van der Waals surface area contributed by atoms with Gasteiger partial charge in [0.25, 0.3) is 0 Å². The van der Waals surface area contributed by atoms with Crippen LogP contribution >= 0.6 is 0 Å². The Labute approximate surface area is 79.0 Å². The van der Waals surface area contributed by atoms with E-state index in [1.54, 1.807) is 7.11 Å². The first-order chi connectivity index (χ1) is 6.33. The number of carbonyl (C=O) groups is 1. The lowest BCUT2D eigenvalue weighted by molar-refractivity contribution is -0.122. The lowest BCUT2D eigenvalue weighted by atomic mass is 10.1. The van der Waals surface area contributed by atoms with Crippen molar-refractivity contribution in [3.63, 3.8) is 0 Å². The summed E-state index contributed by atoms with van der Waals surface area (Å²) in [5, 5.41) is 6.22. The molecule has 1 saturated heterocycles. The first-order valence-electron chi connectivity index (χ1n) is 4.82. The third kappa shape index (κ3) is 4.24. The van der Waals surface area contributed by atoms with Gasteiger partial charge in [0.2, 0.25) is 5.91 Å². The Morgan fingerprint density at radius 2 is 2.54 bits per heavy atom. The fraction of sp³-hybridized carbons (Fsp3) is 0.889. The Hall–Kier alpha value is -0.610. The molecule has 0 radical (unpaired) electrons. The van der Waals surface area contributed by atoms with Gasteiger partial charge < -0.3 is 15.4 Å². The van der Waals surface area contributed by atoms with E-state index in [0.717, 1.165) is 25.9 Å². The van der Waals surface area contributed by atoms with Crippen molar-refractivity contribution in [3.05, 3.63) is 0 Å². The minimum absolute atomic E-state index is 0.0931. The van der Waals surface area contributed by atoms with Gasteiger partial charge in [-0.25, -0.2) is 0 Å². The molecule has 1 amide bonds. The van der Waals surface area contributed by atoms with Crippen molar-refractivity contribution < 1.29 is 9.53 Å². The molecule has 13 heavy (non-hydrogen) atoms. The zero-order chi connectivity index (χ0) is 9.52. The molecular weight excluding hydrogens is 168 g/mol. The molecule has 0 spiro atoms. The largest absolute Gasteiger partial charge is 0.384 e. The van der Waals surface area contributed by atoms with Crippen molar-refractivity contribution in [2.75, 3.05) is 26.8 Å². The Morgan fingerprint density at radius 3 is 3.15 bits per heavy atom. The molecule has 4 heteroatoms. The first kappa shape index (κ1) is 10.5. The van der Waals surface area contributed by atoms with Crippen LogP contribution in [0, 0.1) is 0 Å². The van der Waals surface area contributed by atoms with Crippen molar-refractivity contribution in [2.24, 2.45) is 0 Å². The summed E-state index contributed by atoms with van der Waals surface area (Å²) in [4.78, 5) is 11.3. The van der Waals surface area contributed by atoms with Crippen LogP contribution in [0.15, 0.2) is 0 Å². The molecule has 1 heterocycles. The average Bonchev–Trinajstić information content (AvgIpc) is 2.16. The van der Waals surface area contributed by atoms with E-state index in [2.05, 4.69) is 10.6 Å². The zero-order valence-corrected chi connectivity index (χ0v) is 8.14. The Morgan fingerprint density at radius 1 is 1.69 bits per heavy atom. The van der Waals surface area contributed by atoms with Crippen molar-refractivity contribution in [3.8, 4) is 0 Å². The molecule has 0 saturated carbocycles. The number of methoxy groups -OCH3 is 1. The third-order valence-electron chi connectivity index (χ3n) is 2.20. The summed E-state index contributed by atoms with van der Waals surface area (Å²) >= 11 is 0. The van der Waals surface area contributed by atoms with E-state index in [9.17, 15) is 4.79 Å². The van der Waals surface area contributed by atoms with Gasteiger partial charge in [-0.3, -0.25) is 4.79 Å². The molecule has 0 aromatic rings. The average molecular weight is 186 g/mol. The monoisotopic (exact) mass is 186 g/mol. The first-order valence-corrected chi connectivity index (χ1v) is 4.82. The molecule has 1 fully saturated rings. The summed E-state index contributed by atoms with van der Waals surface area (Å²) in [6.07, 6.45) is 2.70. The van der Waals surface area contributed by atoms with Gasteiger partial charge >= 0.3 is 0 Å². The Bertz CT molecular complexity index is 156. The maximum absolute atomic E-state index is 11.3. The van der Waals surface area contributed by atoms with Gasteiger partial charge in [-0.2, -0.15) is 0 Å². The molecule has 0 aromatic heterocycles. The molecule has 4 nitrogen and oxygen atoms in total. The summed E-state index contributed by atoms with van der Waals surface area (Å²) in [5.41, 5.74) is 0. The standard InChI is InChI=1S/C9H18N2O2/c1-13-6-4-9(12)11-8-3-2-5-10-7-8/h8,10H,2-7H2,1H3,(H,11,12)/t8-/m0/s1. The summed E-state index contributed by atoms with van der Waals surface area (Å²) in [7, 11) is 1.61. The van der Waals surface area contributed by atoms with Crippen LogP contribution in [0.5, 0.6) is 0 Å². The van der Waals surface area contributed by atoms with Crippen LogP contribution < -0.4 is 10.6 Å². The molecule has 0 aliphatic carbocycles. The van der Waals surface area contributed by atoms with Crippen LogP contribution in [0.2, 0.25) is 0 Å². The van der Waals surface area contributed by atoms with E-state index < -0.39 is 0 Å². The highest BCUT2D eigenvalue weighted by atomic mass is 16.5. The number of piperidine rings is 1. The van der Waals surface area contributed by atoms with Crippen LogP contribution in [0.3, 0.4) is 0 Å². The molecule has 1 aliphatic heterocycles. The molecular formula is C9H18N2O2. The smallest absolute Gasteiger partial charge is 0.222 e. The van der Waals surface area contributed by atoms with Crippen molar-refractivity contribution in [1.29, 1.82) is 0 Å². The van der Waals surface area contributed by atoms with Crippen molar-refractivity contribution >= 4 is 5.91 Å². The van der Waals surface area contributed by atoms with E-state index >= 15 is 0 Å². The van der Waals surface area contributed by atoms with E-state index in [-0.39, 0.29) is 5.91 Å². The minimum Gasteiger partial charge on any atom is -0.384 e. The second kappa shape index (κ2) is 5.94. The molecule has 1 atom stereocenters. The van der Waals surface area contributed by atoms with E-state index in [4.69, 9.17) is 4.74 Å². The van der Waals surface area contributed by atoms with Crippen LogP contribution in [0.4, 0.5) is 0 Å². The van der Waals surface area contributed by atoms with Gasteiger partial charge in [0.1, 0.15) is 0 Å². The topological polar surface area (TPSA) is 50.4 Å². The second-order valence-corrected chi connectivity index (χ2v) is 3.35. The highest BCUT2D eigenvalue weighted by Crippen LogP contribution is 2.01. The second-order valence-electron chi connectivity index (χ2n) is 3.35. The SMILES string of the molecule is COCCC(=O)N[C@H]1CCCNC1. The molecule has 1 rings (SSSR count). The lowest BCUT2D eigenvalue weighted by Crippen LogP contribution is -2.45. The fourth-order valence-corrected chi connectivity index (χ4v) is 1.47. The summed E-state index contributed by atoms with van der Waals surface area (Å²) in [6.45, 7) is 2.48. The predicted octanol–water partition coefficient (Wildman–Crippen LogP) is -0.109. The van der Waals surface area contributed by atoms with Gasteiger partial charge in [-0.15, -0.1) is 0 Å². The zero-order valence-electron chi connectivity index (χ0n) is 8.14. The molecule has 0 unspecified atom stereocenters. The van der Waals surface area contributed by atoms with Crippen LogP contribution in [-0.4, -0.2) is 38.8 Å². The maximum atomic E-state index is 11.3. The van der Waals surface area contributed by atoms with Gasteiger partial charge in [0.15, 0.2) is 0 Å². The van der Waals surface area contributed by atoms with Crippen molar-refractivity contribution in [2.45, 2.75) is 25.3 Å². The summed E-state index contributed by atoms with van der Waals surface area (Å²) in [5.74, 6) is 0.0931. The molecule has 76 valence electrons. The molecule has 0 bridgehead atoms. The van der Waals surface area contributed by atoms with Crippen LogP contribution in [0.25, 0.3) is 0 Å². The normalized spacial score (nSPS) is 22.7. The predicted molar refractivity (Wildman–Crippen MR) is 50.5 cm³/mol. The number of hydrogen-bond donors (Lipinski definition) is 2. The number of ether oxygens (including phenoxy) is 1. The Kier molecular flexibility index (Phi) is 4.78. The van der Waals surface area contributed by atoms with Crippen LogP contribution in [-0.2, 0) is 9.53 Å². The number of amides is 1. The lowest BCUT2D eigenvalue weighted by Gasteiger charge is -2.23. The van der Waals surface area contributed by atoms with Crippen LogP contribution in [0.1, 0.15) is 19.3 Å². The number of carbonyl (C=O) groups excluding carboxylic acids is 1. The summed E-state index contributed by atoms with van der Waals surface area (Å²) < 4.78 is 4.83. The van der Waals surface area contributed by atoms with Gasteiger partial charge in [0, 0.05) is 26.1 Å². The maximum Gasteiger partial charge on any atom is 0.222 e. The number of nitrogens with one attached hydrogen (secondary N) is 2. The van der Waals surface area contributed by atoms with Gasteiger partial charge in [-0.05, 0) is 19.4 Å². The fourth-order valence-electron chi connectivity index (χ4n) is 1.47. The number of hydrogen-bond acceptors (Lipinski definition) is 3. The highest BCUT2D eigenvalue weighted by molar-refractivity contribution is 5.76. The highest BCUT2D eigenvalue weighted by Gasteiger charge is 2.14. The summed E-state index contributed by atoms with van der Waals surface area (Å²) in [6, 6.07) is 0.318. The number of rotatable bonds is 4. The molecule has 1 aliphatic rings. The molecule has 2 N–H and O–H groups in total.